The molecule has 1 heterocycles. The average molecular weight is 434 g/mol. The maximum absolute atomic E-state index is 5.82. The third-order valence-electron chi connectivity index (χ3n) is 4.62. The minimum Gasteiger partial charge on any atom is -0.493 e. The molecular weight excluding hydrogens is 410 g/mol. The predicted molar refractivity (Wildman–Crippen MR) is 123 cm³/mol. The van der Waals surface area contributed by atoms with Gasteiger partial charge in [0.05, 0.1) is 26.5 Å². The summed E-state index contributed by atoms with van der Waals surface area (Å²) in [5.41, 5.74) is 1.88. The Kier molecular flexibility index (Phi) is 6.74. The van der Waals surface area contributed by atoms with Crippen LogP contribution < -0.4 is 14.2 Å². The highest BCUT2D eigenvalue weighted by molar-refractivity contribution is 7.99. The average Bonchev–Trinajstić information content (AvgIpc) is 3.26. The second-order valence-electron chi connectivity index (χ2n) is 6.56. The minimum atomic E-state index is 0.564. The van der Waals surface area contributed by atoms with Gasteiger partial charge in [-0.2, -0.15) is 0 Å². The number of methoxy groups -OCH3 is 2. The quantitative estimate of drug-likeness (QED) is 0.270. The number of hydrogen-bond acceptors (Lipinski definition) is 6. The van der Waals surface area contributed by atoms with Crippen LogP contribution in [0.4, 0.5) is 0 Å². The summed E-state index contributed by atoms with van der Waals surface area (Å²) in [6.45, 7) is 0.564. The van der Waals surface area contributed by atoms with Crippen molar-refractivity contribution in [1.29, 1.82) is 0 Å². The lowest BCUT2D eigenvalue weighted by molar-refractivity contribution is 0.344. The fourth-order valence-corrected chi connectivity index (χ4v) is 3.91. The molecule has 0 fully saturated rings. The van der Waals surface area contributed by atoms with Gasteiger partial charge in [0.15, 0.2) is 22.5 Å². The summed E-state index contributed by atoms with van der Waals surface area (Å²) in [5.74, 6) is 3.67. The van der Waals surface area contributed by atoms with Gasteiger partial charge in [0.1, 0.15) is 5.75 Å². The number of benzene rings is 3. The summed E-state index contributed by atoms with van der Waals surface area (Å²) >= 11 is 1.59. The number of rotatable bonds is 9. The van der Waals surface area contributed by atoms with E-state index < -0.39 is 0 Å². The molecule has 4 aromatic rings. The lowest BCUT2D eigenvalue weighted by atomic mass is 10.2. The van der Waals surface area contributed by atoms with Gasteiger partial charge in [-0.25, -0.2) is 0 Å². The summed E-state index contributed by atoms with van der Waals surface area (Å²) in [5, 5.41) is 9.72. The van der Waals surface area contributed by atoms with Gasteiger partial charge in [0, 0.05) is 17.4 Å². The zero-order valence-corrected chi connectivity index (χ0v) is 18.2. The van der Waals surface area contributed by atoms with Crippen molar-refractivity contribution in [3.63, 3.8) is 0 Å². The molecule has 0 aliphatic rings. The first kappa shape index (κ1) is 20.8. The highest BCUT2D eigenvalue weighted by Gasteiger charge is 2.17. The molecule has 0 saturated carbocycles. The van der Waals surface area contributed by atoms with Crippen LogP contribution in [-0.4, -0.2) is 41.3 Å². The Morgan fingerprint density at radius 3 is 2.23 bits per heavy atom. The van der Waals surface area contributed by atoms with Crippen LogP contribution in [0.2, 0.25) is 0 Å². The Morgan fingerprint density at radius 1 is 0.806 bits per heavy atom. The molecule has 0 N–H and O–H groups in total. The van der Waals surface area contributed by atoms with Gasteiger partial charge in [-0.05, 0) is 24.3 Å². The molecule has 0 atom stereocenters. The monoisotopic (exact) mass is 433 g/mol. The van der Waals surface area contributed by atoms with E-state index in [-0.39, 0.29) is 0 Å². The minimum absolute atomic E-state index is 0.564. The Balaban J connectivity index is 1.62. The predicted octanol–water partition coefficient (Wildman–Crippen LogP) is 5.12. The Labute approximate surface area is 185 Å². The summed E-state index contributed by atoms with van der Waals surface area (Å²) in [6, 6.07) is 25.6. The van der Waals surface area contributed by atoms with Crippen molar-refractivity contribution in [2.75, 3.05) is 26.6 Å². The zero-order valence-electron chi connectivity index (χ0n) is 17.4. The first-order chi connectivity index (χ1) is 15.3. The van der Waals surface area contributed by atoms with Crippen LogP contribution in [0.5, 0.6) is 17.2 Å². The fourth-order valence-electron chi connectivity index (χ4n) is 3.14. The molecule has 31 heavy (non-hydrogen) atoms. The molecule has 0 radical (unpaired) electrons. The van der Waals surface area contributed by atoms with Crippen LogP contribution >= 0.6 is 11.8 Å². The van der Waals surface area contributed by atoms with Crippen LogP contribution in [0.15, 0.2) is 84.0 Å². The van der Waals surface area contributed by atoms with Crippen molar-refractivity contribution < 1.29 is 14.2 Å². The van der Waals surface area contributed by atoms with Crippen molar-refractivity contribution in [3.05, 3.63) is 78.9 Å². The number of nitrogens with zero attached hydrogens (tertiary/aromatic N) is 3. The molecule has 7 heteroatoms. The first-order valence-corrected chi connectivity index (χ1v) is 10.8. The van der Waals surface area contributed by atoms with Crippen molar-refractivity contribution >= 4 is 11.8 Å². The van der Waals surface area contributed by atoms with Crippen molar-refractivity contribution in [2.45, 2.75) is 5.16 Å². The second kappa shape index (κ2) is 10.0. The Bertz CT molecular complexity index is 1120. The molecule has 6 nitrogen and oxygen atoms in total. The summed E-state index contributed by atoms with van der Waals surface area (Å²) in [7, 11) is 3.25. The molecule has 0 amide bonds. The molecule has 1 aromatic heterocycles. The topological polar surface area (TPSA) is 58.4 Å². The fraction of sp³-hybridized carbons (Fsp3) is 0.167. The molecule has 4 rings (SSSR count). The van der Waals surface area contributed by atoms with Gasteiger partial charge in [0.25, 0.3) is 0 Å². The Hall–Kier alpha value is -3.45. The molecule has 0 bridgehead atoms. The number of hydrogen-bond donors (Lipinski definition) is 0. The maximum Gasteiger partial charge on any atom is 0.196 e. The number of ether oxygens (including phenoxy) is 3. The third-order valence-corrected chi connectivity index (χ3v) is 5.51. The number of para-hydroxylation sites is 1. The normalized spacial score (nSPS) is 10.6. The van der Waals surface area contributed by atoms with Crippen LogP contribution in [0.3, 0.4) is 0 Å². The van der Waals surface area contributed by atoms with Gasteiger partial charge < -0.3 is 14.2 Å². The molecule has 0 aliphatic heterocycles. The van der Waals surface area contributed by atoms with Gasteiger partial charge in [-0.3, -0.25) is 4.57 Å². The van der Waals surface area contributed by atoms with Gasteiger partial charge in [-0.15, -0.1) is 10.2 Å². The van der Waals surface area contributed by atoms with Gasteiger partial charge in [-0.1, -0.05) is 60.3 Å². The molecule has 0 aliphatic carbocycles. The lowest BCUT2D eigenvalue weighted by Gasteiger charge is -2.14. The van der Waals surface area contributed by atoms with E-state index in [0.29, 0.717) is 18.1 Å². The molecule has 0 spiro atoms. The number of thioether (sulfide) groups is 1. The van der Waals surface area contributed by atoms with E-state index in [9.17, 15) is 0 Å². The van der Waals surface area contributed by atoms with E-state index >= 15 is 0 Å². The van der Waals surface area contributed by atoms with E-state index in [4.69, 9.17) is 14.2 Å². The summed E-state index contributed by atoms with van der Waals surface area (Å²) in [4.78, 5) is 0. The smallest absolute Gasteiger partial charge is 0.196 e. The van der Waals surface area contributed by atoms with Crippen molar-refractivity contribution in [2.24, 2.45) is 0 Å². The van der Waals surface area contributed by atoms with Crippen LogP contribution in [0.1, 0.15) is 0 Å². The number of aromatic nitrogens is 3. The zero-order chi connectivity index (χ0) is 21.5. The van der Waals surface area contributed by atoms with Crippen LogP contribution in [-0.2, 0) is 0 Å². The van der Waals surface area contributed by atoms with Crippen LogP contribution in [0, 0.1) is 0 Å². The standard InChI is InChI=1S/C24H23N3O3S/c1-28-21-14-13-19(17-22(21)29-2)27-23(18-9-5-3-6-10-18)25-26-24(27)31-16-15-30-20-11-7-4-8-12-20/h3-14,17H,15-16H2,1-2H3. The molecule has 3 aromatic carbocycles. The Morgan fingerprint density at radius 2 is 1.52 bits per heavy atom. The van der Waals surface area contributed by atoms with E-state index in [1.165, 1.54) is 0 Å². The highest BCUT2D eigenvalue weighted by Crippen LogP contribution is 2.33. The van der Waals surface area contributed by atoms with E-state index in [2.05, 4.69) is 10.2 Å². The summed E-state index contributed by atoms with van der Waals surface area (Å²) < 4.78 is 18.7. The molecule has 0 saturated heterocycles. The molecule has 158 valence electrons. The first-order valence-electron chi connectivity index (χ1n) is 9.84. The van der Waals surface area contributed by atoms with E-state index in [0.717, 1.165) is 33.7 Å². The van der Waals surface area contributed by atoms with E-state index in [1.54, 1.807) is 26.0 Å². The second-order valence-corrected chi connectivity index (χ2v) is 7.62. The lowest BCUT2D eigenvalue weighted by Crippen LogP contribution is -2.04. The highest BCUT2D eigenvalue weighted by atomic mass is 32.2. The van der Waals surface area contributed by atoms with E-state index in [1.807, 2.05) is 83.4 Å². The van der Waals surface area contributed by atoms with Gasteiger partial charge >= 0.3 is 0 Å². The SMILES string of the molecule is COc1ccc(-n2c(SCCOc3ccccc3)nnc2-c2ccccc2)cc1OC. The molecule has 0 unspecified atom stereocenters. The van der Waals surface area contributed by atoms with Gasteiger partial charge in [0.2, 0.25) is 0 Å². The molecular formula is C24H23N3O3S. The van der Waals surface area contributed by atoms with Crippen molar-refractivity contribution in [1.82, 2.24) is 14.8 Å². The largest absolute Gasteiger partial charge is 0.493 e. The van der Waals surface area contributed by atoms with Crippen LogP contribution in [0.25, 0.3) is 17.1 Å². The summed E-state index contributed by atoms with van der Waals surface area (Å²) in [6.07, 6.45) is 0. The third kappa shape index (κ3) is 4.83. The maximum atomic E-state index is 5.82. The van der Waals surface area contributed by atoms with Crippen molar-refractivity contribution in [3.8, 4) is 34.3 Å².